The second kappa shape index (κ2) is 14.0. The van der Waals surface area contributed by atoms with Crippen molar-refractivity contribution in [1.82, 2.24) is 20.1 Å². The maximum Gasteiger partial charge on any atom is 0.409 e. The van der Waals surface area contributed by atoms with Gasteiger partial charge in [-0.05, 0) is 37.1 Å². The molecular weight excluding hydrogens is 546 g/mol. The average molecular weight is 578 g/mol. The van der Waals surface area contributed by atoms with Crippen LogP contribution in [0.2, 0.25) is 0 Å². The van der Waals surface area contributed by atoms with E-state index in [1.165, 1.54) is 34.1 Å². The molecule has 13 nitrogen and oxygen atoms in total. The zero-order valence-electron chi connectivity index (χ0n) is 23.1. The zero-order chi connectivity index (χ0) is 30.1. The van der Waals surface area contributed by atoms with Crippen molar-refractivity contribution in [2.45, 2.75) is 32.4 Å². The number of benzene rings is 2. The maximum absolute atomic E-state index is 13.5. The first-order chi connectivity index (χ1) is 20.3. The highest BCUT2D eigenvalue weighted by molar-refractivity contribution is 5.99. The highest BCUT2D eigenvalue weighted by Gasteiger charge is 2.31. The SMILES string of the molecule is CCOC(=O)N1CCN(C(=O)C(CCC(=O)OCc2ccccc2)NC(=O)c2ccc3c([N+](=O)[O-])cccc3n2)CC1. The Labute approximate surface area is 241 Å². The van der Waals surface area contributed by atoms with E-state index in [0.29, 0.717) is 0 Å². The summed E-state index contributed by atoms with van der Waals surface area (Å²) in [4.78, 5) is 69.4. The number of pyridine rings is 1. The lowest BCUT2D eigenvalue weighted by Gasteiger charge is -2.36. The number of carbonyl (C=O) groups excluding carboxylic acids is 4. The lowest BCUT2D eigenvalue weighted by Crippen LogP contribution is -2.56. The van der Waals surface area contributed by atoms with Gasteiger partial charge in [0.1, 0.15) is 18.3 Å². The number of nitro benzene ring substituents is 1. The number of piperazine rings is 1. The van der Waals surface area contributed by atoms with Crippen molar-refractivity contribution in [2.75, 3.05) is 32.8 Å². The molecule has 0 aliphatic carbocycles. The minimum atomic E-state index is -1.08. The quantitative estimate of drug-likeness (QED) is 0.217. The van der Waals surface area contributed by atoms with Gasteiger partial charge in [-0.15, -0.1) is 0 Å². The number of nitrogens with one attached hydrogen (secondary N) is 1. The molecule has 0 radical (unpaired) electrons. The first kappa shape index (κ1) is 29.9. The molecule has 1 saturated heterocycles. The number of nitrogens with zero attached hydrogens (tertiary/aromatic N) is 4. The molecule has 1 aliphatic heterocycles. The first-order valence-electron chi connectivity index (χ1n) is 13.5. The van der Waals surface area contributed by atoms with E-state index in [4.69, 9.17) is 9.47 Å². The van der Waals surface area contributed by atoms with Crippen LogP contribution < -0.4 is 5.32 Å². The van der Waals surface area contributed by atoms with Gasteiger partial charge >= 0.3 is 12.1 Å². The van der Waals surface area contributed by atoms with E-state index in [1.54, 1.807) is 13.0 Å². The number of hydrogen-bond acceptors (Lipinski definition) is 9. The number of non-ortho nitro benzene ring substituents is 1. The summed E-state index contributed by atoms with van der Waals surface area (Å²) in [5.41, 5.74) is 0.878. The smallest absolute Gasteiger partial charge is 0.409 e. The van der Waals surface area contributed by atoms with Crippen LogP contribution in [0.15, 0.2) is 60.7 Å². The van der Waals surface area contributed by atoms with Crippen LogP contribution in [0.3, 0.4) is 0 Å². The molecule has 3 aromatic rings. The summed E-state index contributed by atoms with van der Waals surface area (Å²) in [5.74, 6) is -1.63. The van der Waals surface area contributed by atoms with Gasteiger partial charge in [-0.2, -0.15) is 0 Å². The Bertz CT molecular complexity index is 1460. The minimum Gasteiger partial charge on any atom is -0.461 e. The Morgan fingerprint density at radius 3 is 2.36 bits per heavy atom. The fourth-order valence-corrected chi connectivity index (χ4v) is 4.53. The standard InChI is InChI=1S/C29H31N5O8/c1-2-41-29(38)33-17-15-32(16-18-33)28(37)24(13-14-26(35)42-19-20-7-4-3-5-8-20)31-27(36)23-12-11-21-22(30-23)9-6-10-25(21)34(39)40/h3-12,24H,2,13-19H2,1H3,(H,31,36). The monoisotopic (exact) mass is 577 g/mol. The molecule has 42 heavy (non-hydrogen) atoms. The molecule has 1 N–H and O–H groups in total. The van der Waals surface area contributed by atoms with Gasteiger partial charge in [0.15, 0.2) is 0 Å². The van der Waals surface area contributed by atoms with Crippen molar-refractivity contribution >= 4 is 40.5 Å². The van der Waals surface area contributed by atoms with Crippen molar-refractivity contribution in [3.63, 3.8) is 0 Å². The number of amides is 3. The van der Waals surface area contributed by atoms with E-state index in [2.05, 4.69) is 10.3 Å². The molecule has 1 fully saturated rings. The fourth-order valence-electron chi connectivity index (χ4n) is 4.53. The van der Waals surface area contributed by atoms with Gasteiger partial charge in [0.25, 0.3) is 11.6 Å². The van der Waals surface area contributed by atoms with Gasteiger partial charge in [0.05, 0.1) is 22.4 Å². The Kier molecular flexibility index (Phi) is 9.98. The van der Waals surface area contributed by atoms with Gasteiger partial charge in [0.2, 0.25) is 5.91 Å². The topological polar surface area (TPSA) is 161 Å². The van der Waals surface area contributed by atoms with Crippen molar-refractivity contribution < 1.29 is 33.6 Å². The third-order valence-electron chi connectivity index (χ3n) is 6.74. The summed E-state index contributed by atoms with van der Waals surface area (Å²) >= 11 is 0. The zero-order valence-corrected chi connectivity index (χ0v) is 23.1. The van der Waals surface area contributed by atoms with Crippen LogP contribution in [0.5, 0.6) is 0 Å². The van der Waals surface area contributed by atoms with Crippen LogP contribution in [0.4, 0.5) is 10.5 Å². The van der Waals surface area contributed by atoms with Gasteiger partial charge < -0.3 is 24.6 Å². The molecule has 4 rings (SSSR count). The number of fused-ring (bicyclic) bond motifs is 1. The van der Waals surface area contributed by atoms with E-state index < -0.39 is 34.8 Å². The van der Waals surface area contributed by atoms with Gasteiger partial charge in [0, 0.05) is 38.7 Å². The second-order valence-corrected chi connectivity index (χ2v) is 9.52. The number of nitro groups is 1. The van der Waals surface area contributed by atoms with E-state index >= 15 is 0 Å². The molecule has 0 spiro atoms. The highest BCUT2D eigenvalue weighted by atomic mass is 16.6. The summed E-state index contributed by atoms with van der Waals surface area (Å²) < 4.78 is 10.4. The molecule has 0 saturated carbocycles. The Hall–Kier alpha value is -5.07. The average Bonchev–Trinajstić information content (AvgIpc) is 3.01. The lowest BCUT2D eigenvalue weighted by atomic mass is 10.1. The van der Waals surface area contributed by atoms with Crippen molar-refractivity contribution in [3.8, 4) is 0 Å². The van der Waals surface area contributed by atoms with Crippen LogP contribution >= 0.6 is 0 Å². The van der Waals surface area contributed by atoms with E-state index in [1.807, 2.05) is 30.3 Å². The number of carbonyl (C=O) groups is 4. The van der Waals surface area contributed by atoms with Crippen LogP contribution in [-0.4, -0.2) is 82.4 Å². The number of aromatic nitrogens is 1. The summed E-state index contributed by atoms with van der Waals surface area (Å²) in [5, 5.41) is 14.3. The van der Waals surface area contributed by atoms with Gasteiger partial charge in [-0.3, -0.25) is 24.5 Å². The summed E-state index contributed by atoms with van der Waals surface area (Å²) in [6, 6.07) is 15.2. The molecule has 3 amide bonds. The second-order valence-electron chi connectivity index (χ2n) is 9.52. The predicted octanol–water partition coefficient (Wildman–Crippen LogP) is 3.07. The van der Waals surface area contributed by atoms with Crippen molar-refractivity contribution in [2.24, 2.45) is 0 Å². The summed E-state index contributed by atoms with van der Waals surface area (Å²) in [6.07, 6.45) is -0.628. The van der Waals surface area contributed by atoms with Gasteiger partial charge in [-0.25, -0.2) is 9.78 Å². The van der Waals surface area contributed by atoms with E-state index in [-0.39, 0.29) is 74.5 Å². The molecule has 2 heterocycles. The molecular formula is C29H31N5O8. The third-order valence-corrected chi connectivity index (χ3v) is 6.74. The van der Waals surface area contributed by atoms with E-state index in [9.17, 15) is 29.3 Å². The number of esters is 1. The highest BCUT2D eigenvalue weighted by Crippen LogP contribution is 2.24. The Morgan fingerprint density at radius 2 is 1.67 bits per heavy atom. The largest absolute Gasteiger partial charge is 0.461 e. The summed E-state index contributed by atoms with van der Waals surface area (Å²) in [6.45, 7) is 2.99. The van der Waals surface area contributed by atoms with Gasteiger partial charge in [-0.1, -0.05) is 36.4 Å². The Balaban J connectivity index is 1.46. The molecule has 1 atom stereocenters. The van der Waals surface area contributed by atoms with Crippen LogP contribution in [0, 0.1) is 10.1 Å². The molecule has 220 valence electrons. The first-order valence-corrected chi connectivity index (χ1v) is 13.5. The molecule has 1 aromatic heterocycles. The molecule has 13 heteroatoms. The number of ether oxygens (including phenoxy) is 2. The minimum absolute atomic E-state index is 0.0324. The molecule has 2 aromatic carbocycles. The van der Waals surface area contributed by atoms with Crippen LogP contribution in [0.1, 0.15) is 35.8 Å². The van der Waals surface area contributed by atoms with Crippen molar-refractivity contribution in [1.29, 1.82) is 0 Å². The molecule has 1 aliphatic rings. The fraction of sp³-hybridized carbons (Fsp3) is 0.345. The van der Waals surface area contributed by atoms with E-state index in [0.717, 1.165) is 5.56 Å². The maximum atomic E-state index is 13.5. The Morgan fingerprint density at radius 1 is 0.952 bits per heavy atom. The number of hydrogen-bond donors (Lipinski definition) is 1. The molecule has 0 bridgehead atoms. The third kappa shape index (κ3) is 7.56. The lowest BCUT2D eigenvalue weighted by molar-refractivity contribution is -0.383. The van der Waals surface area contributed by atoms with Crippen LogP contribution in [-0.2, 0) is 25.7 Å². The number of rotatable bonds is 10. The van der Waals surface area contributed by atoms with Crippen LogP contribution in [0.25, 0.3) is 10.9 Å². The predicted molar refractivity (Wildman–Crippen MR) is 150 cm³/mol. The normalized spacial score (nSPS) is 13.7. The molecule has 1 unspecified atom stereocenters. The summed E-state index contributed by atoms with van der Waals surface area (Å²) in [7, 11) is 0. The van der Waals surface area contributed by atoms with Crippen molar-refractivity contribution in [3.05, 3.63) is 82.0 Å².